The molecule has 0 bridgehead atoms. The molecule has 18 heavy (non-hydrogen) atoms. The smallest absolute Gasteiger partial charge is 0.0907 e. The highest BCUT2D eigenvalue weighted by atomic mass is 16.3. The lowest BCUT2D eigenvalue weighted by Crippen LogP contribution is -2.07. The first-order chi connectivity index (χ1) is 8.49. The van der Waals surface area contributed by atoms with Gasteiger partial charge in [0.2, 0.25) is 0 Å². The van der Waals surface area contributed by atoms with E-state index in [1.807, 2.05) is 25.3 Å². The third-order valence-corrected chi connectivity index (χ3v) is 3.34. The molecule has 3 heteroatoms. The Morgan fingerprint density at radius 2 is 1.83 bits per heavy atom. The van der Waals surface area contributed by atoms with Crippen molar-refractivity contribution in [1.82, 2.24) is 4.90 Å². The number of hydrogen-bond donors (Lipinski definition) is 1. The number of aliphatic hydroxyl groups is 1. The van der Waals surface area contributed by atoms with Crippen molar-refractivity contribution in [3.8, 4) is 0 Å². The lowest BCUT2D eigenvalue weighted by atomic mass is 9.99. The first-order valence-electron chi connectivity index (χ1n) is 6.49. The van der Waals surface area contributed by atoms with Crippen LogP contribution in [0.4, 0.5) is 5.69 Å². The number of rotatable bonds is 4. The van der Waals surface area contributed by atoms with Gasteiger partial charge in [-0.1, -0.05) is 12.1 Å². The van der Waals surface area contributed by atoms with Gasteiger partial charge in [0.05, 0.1) is 18.1 Å². The molecule has 0 radical (unpaired) electrons. The zero-order valence-corrected chi connectivity index (χ0v) is 11.6. The van der Waals surface area contributed by atoms with Crippen LogP contribution < -0.4 is 0 Å². The van der Waals surface area contributed by atoms with Gasteiger partial charge in [0.15, 0.2) is 0 Å². The number of hydrogen-bond acceptors (Lipinski definition) is 2. The minimum absolute atomic E-state index is 0.297. The highest BCUT2D eigenvalue weighted by molar-refractivity contribution is 5.65. The van der Waals surface area contributed by atoms with Crippen molar-refractivity contribution >= 4 is 12.0 Å². The second-order valence-corrected chi connectivity index (χ2v) is 5.49. The fraction of sp³-hybridized carbons (Fsp3) is 0.533. The predicted octanol–water partition coefficient (Wildman–Crippen LogP) is 2.97. The van der Waals surface area contributed by atoms with Crippen molar-refractivity contribution in [3.05, 3.63) is 28.8 Å². The molecule has 1 aliphatic carbocycles. The number of nitrogens with zero attached hydrogens (tertiary/aromatic N) is 2. The van der Waals surface area contributed by atoms with Crippen LogP contribution in [-0.2, 0) is 0 Å². The van der Waals surface area contributed by atoms with Gasteiger partial charge in [-0.2, -0.15) is 0 Å². The van der Waals surface area contributed by atoms with Crippen molar-refractivity contribution in [3.63, 3.8) is 0 Å². The monoisotopic (exact) mass is 246 g/mol. The fourth-order valence-corrected chi connectivity index (χ4v) is 2.22. The Morgan fingerprint density at radius 3 is 2.28 bits per heavy atom. The molecule has 0 heterocycles. The first kappa shape index (κ1) is 13.1. The second-order valence-electron chi connectivity index (χ2n) is 5.49. The Hall–Kier alpha value is -1.35. The molecule has 0 amide bonds. The van der Waals surface area contributed by atoms with E-state index in [9.17, 15) is 5.11 Å². The van der Waals surface area contributed by atoms with Crippen LogP contribution in [0.25, 0.3) is 0 Å². The summed E-state index contributed by atoms with van der Waals surface area (Å²) in [5.74, 6) is 0.472. The van der Waals surface area contributed by atoms with Crippen LogP contribution in [-0.4, -0.2) is 30.4 Å². The van der Waals surface area contributed by atoms with E-state index in [2.05, 4.69) is 31.0 Å². The summed E-state index contributed by atoms with van der Waals surface area (Å²) in [5.41, 5.74) is 4.30. The van der Waals surface area contributed by atoms with Crippen LogP contribution in [0.15, 0.2) is 17.1 Å². The zero-order chi connectivity index (χ0) is 13.3. The summed E-state index contributed by atoms with van der Waals surface area (Å²) in [4.78, 5) is 6.41. The maximum atomic E-state index is 10.2. The Morgan fingerprint density at radius 1 is 1.28 bits per heavy atom. The van der Waals surface area contributed by atoms with Gasteiger partial charge < -0.3 is 10.0 Å². The SMILES string of the molecule is Cc1cc(C(O)C2CC2)cc(C)c1N=CN(C)C. The summed E-state index contributed by atoms with van der Waals surface area (Å²) < 4.78 is 0. The number of aryl methyl sites for hydroxylation is 2. The maximum Gasteiger partial charge on any atom is 0.0907 e. The third-order valence-electron chi connectivity index (χ3n) is 3.34. The standard InChI is InChI=1S/C15H22N2O/c1-10-7-13(15(18)12-5-6-12)8-11(2)14(10)16-9-17(3)4/h7-9,12,15,18H,5-6H2,1-4H3. The third kappa shape index (κ3) is 2.91. The predicted molar refractivity (Wildman–Crippen MR) is 75.4 cm³/mol. The van der Waals surface area contributed by atoms with Gasteiger partial charge >= 0.3 is 0 Å². The molecule has 0 aromatic heterocycles. The summed E-state index contributed by atoms with van der Waals surface area (Å²) in [7, 11) is 3.92. The summed E-state index contributed by atoms with van der Waals surface area (Å²) in [6.45, 7) is 4.11. The van der Waals surface area contributed by atoms with Crippen LogP contribution in [0.2, 0.25) is 0 Å². The van der Waals surface area contributed by atoms with Crippen LogP contribution in [0.5, 0.6) is 0 Å². The number of aliphatic hydroxyl groups excluding tert-OH is 1. The van der Waals surface area contributed by atoms with E-state index < -0.39 is 0 Å². The summed E-state index contributed by atoms with van der Waals surface area (Å²) >= 11 is 0. The molecule has 1 aromatic carbocycles. The lowest BCUT2D eigenvalue weighted by molar-refractivity contribution is 0.153. The molecule has 1 aliphatic rings. The highest BCUT2D eigenvalue weighted by Crippen LogP contribution is 2.42. The van der Waals surface area contributed by atoms with Gasteiger partial charge in [-0.3, -0.25) is 0 Å². The average molecular weight is 246 g/mol. The van der Waals surface area contributed by atoms with Crippen LogP contribution >= 0.6 is 0 Å². The zero-order valence-electron chi connectivity index (χ0n) is 11.6. The molecule has 0 spiro atoms. The number of aliphatic imine (C=N–C) groups is 1. The van der Waals surface area contributed by atoms with Gasteiger partial charge in [0.1, 0.15) is 0 Å². The van der Waals surface area contributed by atoms with Crippen molar-refractivity contribution in [2.75, 3.05) is 14.1 Å². The van der Waals surface area contributed by atoms with Crippen LogP contribution in [0.1, 0.15) is 35.6 Å². The van der Waals surface area contributed by atoms with Crippen molar-refractivity contribution < 1.29 is 5.11 Å². The van der Waals surface area contributed by atoms with E-state index in [1.165, 1.54) is 0 Å². The van der Waals surface area contributed by atoms with E-state index >= 15 is 0 Å². The quantitative estimate of drug-likeness (QED) is 0.655. The van der Waals surface area contributed by atoms with Gasteiger partial charge in [-0.25, -0.2) is 4.99 Å². The van der Waals surface area contributed by atoms with Crippen molar-refractivity contribution in [1.29, 1.82) is 0 Å². The molecule has 1 aromatic rings. The molecular formula is C15H22N2O. The minimum atomic E-state index is -0.297. The van der Waals surface area contributed by atoms with Gasteiger partial charge in [-0.15, -0.1) is 0 Å². The molecule has 3 nitrogen and oxygen atoms in total. The fourth-order valence-electron chi connectivity index (χ4n) is 2.22. The van der Waals surface area contributed by atoms with E-state index in [0.29, 0.717) is 5.92 Å². The van der Waals surface area contributed by atoms with Gasteiger partial charge in [-0.05, 0) is 49.3 Å². The first-order valence-corrected chi connectivity index (χ1v) is 6.49. The van der Waals surface area contributed by atoms with E-state index in [0.717, 1.165) is 35.2 Å². The molecule has 1 unspecified atom stereocenters. The van der Waals surface area contributed by atoms with E-state index in [4.69, 9.17) is 0 Å². The Kier molecular flexibility index (Phi) is 3.71. The van der Waals surface area contributed by atoms with Crippen molar-refractivity contribution in [2.45, 2.75) is 32.8 Å². The summed E-state index contributed by atoms with van der Waals surface area (Å²) in [6, 6.07) is 4.14. The van der Waals surface area contributed by atoms with E-state index in [1.54, 1.807) is 0 Å². The Bertz CT molecular complexity index is 439. The molecule has 1 N–H and O–H groups in total. The molecule has 1 atom stereocenters. The Labute approximate surface area is 109 Å². The maximum absolute atomic E-state index is 10.2. The second kappa shape index (κ2) is 5.11. The average Bonchev–Trinajstić information content (AvgIpc) is 3.10. The van der Waals surface area contributed by atoms with Crippen molar-refractivity contribution in [2.24, 2.45) is 10.9 Å². The summed E-state index contributed by atoms with van der Waals surface area (Å²) in [6.07, 6.45) is 3.82. The molecule has 0 saturated heterocycles. The van der Waals surface area contributed by atoms with Gasteiger partial charge in [0, 0.05) is 14.1 Å². The topological polar surface area (TPSA) is 35.8 Å². The number of benzene rings is 1. The van der Waals surface area contributed by atoms with E-state index in [-0.39, 0.29) is 6.10 Å². The molecular weight excluding hydrogens is 224 g/mol. The minimum Gasteiger partial charge on any atom is -0.388 e. The van der Waals surface area contributed by atoms with Crippen LogP contribution in [0.3, 0.4) is 0 Å². The van der Waals surface area contributed by atoms with Gasteiger partial charge in [0.25, 0.3) is 0 Å². The molecule has 1 fully saturated rings. The highest BCUT2D eigenvalue weighted by Gasteiger charge is 2.31. The lowest BCUT2D eigenvalue weighted by Gasteiger charge is -2.14. The van der Waals surface area contributed by atoms with Crippen LogP contribution in [0, 0.1) is 19.8 Å². The normalized spacial score (nSPS) is 17.2. The molecule has 1 saturated carbocycles. The molecule has 2 rings (SSSR count). The molecule has 0 aliphatic heterocycles. The Balaban J connectivity index is 2.28. The molecule has 98 valence electrons. The summed E-state index contributed by atoms with van der Waals surface area (Å²) in [5, 5.41) is 10.2. The largest absolute Gasteiger partial charge is 0.388 e.